The molecule has 2 amide bonds. The zero-order valence-electron chi connectivity index (χ0n) is 10.7. The molecular weight excluding hydrogens is 266 g/mol. The fraction of sp³-hybridized carbons (Fsp3) is 0.583. The lowest BCUT2D eigenvalue weighted by Crippen LogP contribution is -2.41. The van der Waals surface area contributed by atoms with Gasteiger partial charge in [0.1, 0.15) is 0 Å². The number of rotatable bonds is 6. The Morgan fingerprint density at radius 2 is 2.21 bits per heavy atom. The molecule has 1 aliphatic carbocycles. The summed E-state index contributed by atoms with van der Waals surface area (Å²) in [7, 11) is 0. The van der Waals surface area contributed by atoms with Gasteiger partial charge in [0.15, 0.2) is 0 Å². The summed E-state index contributed by atoms with van der Waals surface area (Å²) in [6, 6.07) is -0.319. The van der Waals surface area contributed by atoms with Crippen LogP contribution in [0.25, 0.3) is 0 Å². The molecule has 1 aromatic rings. The molecule has 104 valence electrons. The number of nitrogens with zero attached hydrogens (tertiary/aromatic N) is 1. The van der Waals surface area contributed by atoms with Crippen LogP contribution in [0.1, 0.15) is 23.5 Å². The molecule has 2 rings (SSSR count). The van der Waals surface area contributed by atoms with Gasteiger partial charge in [-0.1, -0.05) is 0 Å². The van der Waals surface area contributed by atoms with Crippen LogP contribution in [0.4, 0.5) is 4.79 Å². The molecule has 0 aliphatic heterocycles. The largest absolute Gasteiger partial charge is 0.481 e. The van der Waals surface area contributed by atoms with Crippen molar-refractivity contribution in [3.05, 3.63) is 16.1 Å². The third-order valence-corrected chi connectivity index (χ3v) is 4.21. The van der Waals surface area contributed by atoms with Gasteiger partial charge in [-0.05, 0) is 19.8 Å². The van der Waals surface area contributed by atoms with Gasteiger partial charge in [0.25, 0.3) is 0 Å². The number of thiazole rings is 1. The Balaban J connectivity index is 1.64. The van der Waals surface area contributed by atoms with E-state index in [-0.39, 0.29) is 12.6 Å². The van der Waals surface area contributed by atoms with Crippen LogP contribution in [-0.4, -0.2) is 35.2 Å². The summed E-state index contributed by atoms with van der Waals surface area (Å²) in [5.41, 5.74) is 0.269. The Morgan fingerprint density at radius 3 is 2.74 bits per heavy atom. The van der Waals surface area contributed by atoms with Crippen molar-refractivity contribution in [2.24, 2.45) is 5.41 Å². The van der Waals surface area contributed by atoms with E-state index in [1.165, 1.54) is 0 Å². The lowest BCUT2D eigenvalue weighted by molar-refractivity contribution is -0.143. The van der Waals surface area contributed by atoms with E-state index in [0.717, 1.165) is 10.7 Å². The maximum atomic E-state index is 11.5. The van der Waals surface area contributed by atoms with Gasteiger partial charge in [0.2, 0.25) is 0 Å². The standard InChI is InChI=1S/C12H17N3O3S/c1-8-6-19-9(15-8)2-5-13-11(18)14-7-12(3-4-12)10(16)17/h6H,2-5,7H2,1H3,(H,16,17)(H2,13,14,18). The van der Waals surface area contributed by atoms with Gasteiger partial charge >= 0.3 is 12.0 Å². The molecule has 6 nitrogen and oxygen atoms in total. The third kappa shape index (κ3) is 3.66. The first-order valence-corrected chi connectivity index (χ1v) is 7.06. The van der Waals surface area contributed by atoms with Crippen LogP contribution in [-0.2, 0) is 11.2 Å². The topological polar surface area (TPSA) is 91.3 Å². The molecule has 0 spiro atoms. The quantitative estimate of drug-likeness (QED) is 0.730. The molecule has 0 atom stereocenters. The van der Waals surface area contributed by atoms with Gasteiger partial charge in [-0.25, -0.2) is 9.78 Å². The van der Waals surface area contributed by atoms with Crippen LogP contribution < -0.4 is 10.6 Å². The SMILES string of the molecule is Cc1csc(CCNC(=O)NCC2(C(=O)O)CC2)n1. The molecule has 1 saturated carbocycles. The lowest BCUT2D eigenvalue weighted by Gasteiger charge is -2.11. The second kappa shape index (κ2) is 5.56. The number of aliphatic carboxylic acids is 1. The first kappa shape index (κ1) is 13.8. The Labute approximate surface area is 115 Å². The summed E-state index contributed by atoms with van der Waals surface area (Å²) in [5.74, 6) is -0.828. The minimum Gasteiger partial charge on any atom is -0.481 e. The highest BCUT2D eigenvalue weighted by Gasteiger charge is 2.50. The van der Waals surface area contributed by atoms with Crippen LogP contribution in [0.3, 0.4) is 0 Å². The molecule has 7 heteroatoms. The summed E-state index contributed by atoms with van der Waals surface area (Å²) < 4.78 is 0. The highest BCUT2D eigenvalue weighted by Crippen LogP contribution is 2.45. The summed E-state index contributed by atoms with van der Waals surface area (Å²) in [6.07, 6.45) is 1.97. The van der Waals surface area contributed by atoms with Crippen molar-refractivity contribution >= 4 is 23.3 Å². The zero-order valence-corrected chi connectivity index (χ0v) is 11.5. The van der Waals surface area contributed by atoms with Crippen LogP contribution >= 0.6 is 11.3 Å². The van der Waals surface area contributed by atoms with Crippen molar-refractivity contribution < 1.29 is 14.7 Å². The van der Waals surface area contributed by atoms with Crippen molar-refractivity contribution in [2.45, 2.75) is 26.2 Å². The van der Waals surface area contributed by atoms with E-state index in [9.17, 15) is 9.59 Å². The number of carboxylic acids is 1. The smallest absolute Gasteiger partial charge is 0.314 e. The van der Waals surface area contributed by atoms with E-state index in [1.54, 1.807) is 11.3 Å². The predicted octanol–water partition coefficient (Wildman–Crippen LogP) is 1.16. The highest BCUT2D eigenvalue weighted by atomic mass is 32.1. The van der Waals surface area contributed by atoms with Crippen LogP contribution in [0, 0.1) is 12.3 Å². The van der Waals surface area contributed by atoms with E-state index >= 15 is 0 Å². The van der Waals surface area contributed by atoms with Crippen molar-refractivity contribution in [1.29, 1.82) is 0 Å². The number of nitrogens with one attached hydrogen (secondary N) is 2. The average molecular weight is 283 g/mol. The molecule has 0 saturated heterocycles. The first-order valence-electron chi connectivity index (χ1n) is 6.18. The predicted molar refractivity (Wildman–Crippen MR) is 71.3 cm³/mol. The van der Waals surface area contributed by atoms with Crippen molar-refractivity contribution in [2.75, 3.05) is 13.1 Å². The maximum absolute atomic E-state index is 11.5. The Hall–Kier alpha value is -1.63. The lowest BCUT2D eigenvalue weighted by atomic mass is 10.1. The van der Waals surface area contributed by atoms with Gasteiger partial charge in [0.05, 0.1) is 10.4 Å². The van der Waals surface area contributed by atoms with E-state index in [1.807, 2.05) is 12.3 Å². The summed E-state index contributed by atoms with van der Waals surface area (Å²) in [4.78, 5) is 26.7. The normalized spacial score (nSPS) is 15.8. The van der Waals surface area contributed by atoms with Crippen LogP contribution in [0.15, 0.2) is 5.38 Å². The van der Waals surface area contributed by atoms with Gasteiger partial charge in [-0.3, -0.25) is 4.79 Å². The molecule has 0 radical (unpaired) electrons. The Morgan fingerprint density at radius 1 is 1.47 bits per heavy atom. The van der Waals surface area contributed by atoms with E-state index in [4.69, 9.17) is 5.11 Å². The number of carboxylic acid groups (broad SMARTS) is 1. The van der Waals surface area contributed by atoms with E-state index in [0.29, 0.717) is 25.8 Å². The minimum absolute atomic E-state index is 0.199. The number of hydrogen-bond donors (Lipinski definition) is 3. The van der Waals surface area contributed by atoms with Gasteiger partial charge < -0.3 is 15.7 Å². The summed E-state index contributed by atoms with van der Waals surface area (Å²) in [5, 5.41) is 17.2. The monoisotopic (exact) mass is 283 g/mol. The molecule has 1 heterocycles. The third-order valence-electron chi connectivity index (χ3n) is 3.19. The van der Waals surface area contributed by atoms with E-state index < -0.39 is 11.4 Å². The number of hydrogen-bond acceptors (Lipinski definition) is 4. The Kier molecular flexibility index (Phi) is 4.04. The molecule has 0 unspecified atom stereocenters. The fourth-order valence-corrected chi connectivity index (χ4v) is 2.51. The molecule has 1 fully saturated rings. The number of carbonyl (C=O) groups is 2. The molecule has 19 heavy (non-hydrogen) atoms. The van der Waals surface area contributed by atoms with Gasteiger partial charge in [-0.15, -0.1) is 11.3 Å². The van der Waals surface area contributed by atoms with Crippen molar-refractivity contribution in [1.82, 2.24) is 15.6 Å². The summed E-state index contributed by atoms with van der Waals surface area (Å²) in [6.45, 7) is 2.63. The van der Waals surface area contributed by atoms with Crippen molar-refractivity contribution in [3.63, 3.8) is 0 Å². The number of aryl methyl sites for hydroxylation is 1. The zero-order chi connectivity index (χ0) is 13.9. The second-order valence-corrected chi connectivity index (χ2v) is 5.77. The van der Waals surface area contributed by atoms with E-state index in [2.05, 4.69) is 15.6 Å². The van der Waals surface area contributed by atoms with Gasteiger partial charge in [0, 0.05) is 30.6 Å². The highest BCUT2D eigenvalue weighted by molar-refractivity contribution is 7.09. The first-order chi connectivity index (χ1) is 9.02. The molecule has 1 aromatic heterocycles. The van der Waals surface area contributed by atoms with Crippen LogP contribution in [0.2, 0.25) is 0 Å². The molecular formula is C12H17N3O3S. The fourth-order valence-electron chi connectivity index (χ4n) is 1.73. The molecule has 0 aromatic carbocycles. The van der Waals surface area contributed by atoms with Crippen molar-refractivity contribution in [3.8, 4) is 0 Å². The number of amides is 2. The number of carbonyl (C=O) groups excluding carboxylic acids is 1. The average Bonchev–Trinajstić information content (AvgIpc) is 3.05. The Bertz CT molecular complexity index is 482. The molecule has 0 bridgehead atoms. The van der Waals surface area contributed by atoms with Gasteiger partial charge in [-0.2, -0.15) is 0 Å². The number of urea groups is 1. The maximum Gasteiger partial charge on any atom is 0.314 e. The molecule has 1 aliphatic rings. The summed E-state index contributed by atoms with van der Waals surface area (Å²) >= 11 is 1.57. The van der Waals surface area contributed by atoms with Crippen LogP contribution in [0.5, 0.6) is 0 Å². The number of aromatic nitrogens is 1. The minimum atomic E-state index is -0.828. The molecule has 3 N–H and O–H groups in total. The second-order valence-electron chi connectivity index (χ2n) is 4.83.